The fourth-order valence-electron chi connectivity index (χ4n) is 2.00. The van der Waals surface area contributed by atoms with Crippen molar-refractivity contribution < 1.29 is 4.92 Å². The second-order valence-electron chi connectivity index (χ2n) is 4.57. The van der Waals surface area contributed by atoms with Gasteiger partial charge in [0, 0.05) is 18.1 Å². The minimum atomic E-state index is -0.381. The number of aromatic nitrogens is 3. The zero-order valence-electron chi connectivity index (χ0n) is 11.9. The lowest BCUT2D eigenvalue weighted by atomic mass is 10.2. The molecule has 20 heavy (non-hydrogen) atoms. The third-order valence-electron chi connectivity index (χ3n) is 2.97. The van der Waals surface area contributed by atoms with E-state index in [9.17, 15) is 10.1 Å². The Morgan fingerprint density at radius 1 is 1.60 bits per heavy atom. The van der Waals surface area contributed by atoms with Gasteiger partial charge in [-0.15, -0.1) is 11.3 Å². The Labute approximate surface area is 120 Å². The van der Waals surface area contributed by atoms with Gasteiger partial charge in [-0.2, -0.15) is 5.10 Å². The van der Waals surface area contributed by atoms with Crippen molar-refractivity contribution in [1.82, 2.24) is 14.8 Å². The van der Waals surface area contributed by atoms with Crippen LogP contribution in [0.3, 0.4) is 0 Å². The average molecular weight is 295 g/mol. The molecule has 1 atom stereocenters. The molecule has 0 saturated carbocycles. The summed E-state index contributed by atoms with van der Waals surface area (Å²) in [5.41, 5.74) is 1.49. The van der Waals surface area contributed by atoms with E-state index >= 15 is 0 Å². The molecule has 0 aromatic carbocycles. The summed E-state index contributed by atoms with van der Waals surface area (Å²) in [6, 6.07) is -0.104. The highest BCUT2D eigenvalue weighted by atomic mass is 32.1. The van der Waals surface area contributed by atoms with E-state index in [2.05, 4.69) is 15.4 Å². The van der Waals surface area contributed by atoms with Crippen molar-refractivity contribution in [3.8, 4) is 0 Å². The summed E-state index contributed by atoms with van der Waals surface area (Å²) in [5, 5.41) is 21.4. The van der Waals surface area contributed by atoms with Crippen LogP contribution in [0.25, 0.3) is 0 Å². The monoisotopic (exact) mass is 295 g/mol. The van der Waals surface area contributed by atoms with E-state index < -0.39 is 0 Å². The first-order chi connectivity index (χ1) is 9.43. The van der Waals surface area contributed by atoms with E-state index in [1.54, 1.807) is 7.05 Å². The Bertz CT molecular complexity index is 634. The Morgan fingerprint density at radius 3 is 2.80 bits per heavy atom. The first-order valence-corrected chi connectivity index (χ1v) is 7.20. The molecule has 2 aromatic rings. The summed E-state index contributed by atoms with van der Waals surface area (Å²) in [6.45, 7) is 5.71. The second kappa shape index (κ2) is 5.58. The van der Waals surface area contributed by atoms with Gasteiger partial charge in [0.2, 0.25) is 5.82 Å². The molecule has 0 spiro atoms. The maximum absolute atomic E-state index is 11.2. The number of nitrogens with zero attached hydrogens (tertiary/aromatic N) is 4. The van der Waals surface area contributed by atoms with Gasteiger partial charge in [-0.05, 0) is 20.3 Å². The summed E-state index contributed by atoms with van der Waals surface area (Å²) >= 11 is 1.54. The number of aryl methyl sites for hydroxylation is 3. The fourth-order valence-corrected chi connectivity index (χ4v) is 2.80. The van der Waals surface area contributed by atoms with Crippen LogP contribution >= 0.6 is 11.3 Å². The van der Waals surface area contributed by atoms with Crippen molar-refractivity contribution in [3.05, 3.63) is 31.9 Å². The third-order valence-corrected chi connectivity index (χ3v) is 4.12. The number of nitro groups is 1. The van der Waals surface area contributed by atoms with Gasteiger partial charge in [-0.3, -0.25) is 10.1 Å². The quantitative estimate of drug-likeness (QED) is 0.677. The van der Waals surface area contributed by atoms with Crippen molar-refractivity contribution in [1.29, 1.82) is 0 Å². The van der Waals surface area contributed by atoms with Crippen LogP contribution in [0.5, 0.6) is 0 Å². The standard InChI is InChI=1S/C12H17N5O2S/c1-5-9-10(17(18)19)11(16(4)15-9)14-8(3)12-13-7(2)6-20-12/h6,8,14H,5H2,1-4H3. The van der Waals surface area contributed by atoms with Crippen LogP contribution in [0.1, 0.15) is 36.3 Å². The highest BCUT2D eigenvalue weighted by Gasteiger charge is 2.27. The molecule has 2 rings (SSSR count). The third kappa shape index (κ3) is 2.64. The van der Waals surface area contributed by atoms with Crippen molar-refractivity contribution in [3.63, 3.8) is 0 Å². The largest absolute Gasteiger partial charge is 0.356 e. The summed E-state index contributed by atoms with van der Waals surface area (Å²) in [4.78, 5) is 15.2. The average Bonchev–Trinajstić information content (AvgIpc) is 2.94. The summed E-state index contributed by atoms with van der Waals surface area (Å²) < 4.78 is 1.52. The van der Waals surface area contributed by atoms with Crippen molar-refractivity contribution >= 4 is 22.8 Å². The van der Waals surface area contributed by atoms with Crippen LogP contribution in [0, 0.1) is 17.0 Å². The zero-order chi connectivity index (χ0) is 14.9. The number of nitrogens with one attached hydrogen (secondary N) is 1. The van der Waals surface area contributed by atoms with Crippen molar-refractivity contribution in [2.45, 2.75) is 33.2 Å². The highest BCUT2D eigenvalue weighted by molar-refractivity contribution is 7.09. The molecule has 0 aliphatic rings. The smallest absolute Gasteiger partial charge is 0.333 e. The van der Waals surface area contributed by atoms with Crippen LogP contribution < -0.4 is 5.32 Å². The van der Waals surface area contributed by atoms with E-state index in [1.807, 2.05) is 26.2 Å². The summed E-state index contributed by atoms with van der Waals surface area (Å²) in [6.07, 6.45) is 0.524. The van der Waals surface area contributed by atoms with Crippen LogP contribution in [-0.4, -0.2) is 19.7 Å². The van der Waals surface area contributed by atoms with Crippen LogP contribution in [0.15, 0.2) is 5.38 Å². The second-order valence-corrected chi connectivity index (χ2v) is 5.46. The minimum Gasteiger partial charge on any atom is -0.356 e. The number of rotatable bonds is 5. The lowest BCUT2D eigenvalue weighted by molar-refractivity contribution is -0.384. The van der Waals surface area contributed by atoms with E-state index in [-0.39, 0.29) is 16.7 Å². The Balaban J connectivity index is 2.33. The SMILES string of the molecule is CCc1nn(C)c(NC(C)c2nc(C)cs2)c1[N+](=O)[O-]. The predicted molar refractivity (Wildman–Crippen MR) is 78.1 cm³/mol. The van der Waals surface area contributed by atoms with Gasteiger partial charge >= 0.3 is 5.69 Å². The molecule has 0 bridgehead atoms. The minimum absolute atomic E-state index is 0.0510. The van der Waals surface area contributed by atoms with E-state index in [1.165, 1.54) is 16.0 Å². The van der Waals surface area contributed by atoms with Gasteiger partial charge in [-0.1, -0.05) is 6.92 Å². The van der Waals surface area contributed by atoms with Gasteiger partial charge in [-0.25, -0.2) is 9.67 Å². The molecule has 7 nitrogen and oxygen atoms in total. The Kier molecular flexibility index (Phi) is 4.03. The number of hydrogen-bond donors (Lipinski definition) is 1. The molecule has 2 heterocycles. The molecule has 8 heteroatoms. The molecule has 0 radical (unpaired) electrons. The van der Waals surface area contributed by atoms with Crippen LogP contribution in [-0.2, 0) is 13.5 Å². The molecule has 1 unspecified atom stereocenters. The van der Waals surface area contributed by atoms with E-state index in [4.69, 9.17) is 0 Å². The molecular weight excluding hydrogens is 278 g/mol. The maximum atomic E-state index is 11.2. The molecule has 0 amide bonds. The summed E-state index contributed by atoms with van der Waals surface area (Å²) in [7, 11) is 1.70. The molecule has 2 aromatic heterocycles. The van der Waals surface area contributed by atoms with Crippen molar-refractivity contribution in [2.24, 2.45) is 7.05 Å². The van der Waals surface area contributed by atoms with Crippen molar-refractivity contribution in [2.75, 3.05) is 5.32 Å². The number of thiazole rings is 1. The predicted octanol–water partition coefficient (Wildman–Crippen LogP) is 2.83. The molecular formula is C12H17N5O2S. The number of anilines is 1. The molecule has 0 aliphatic heterocycles. The molecule has 108 valence electrons. The van der Waals surface area contributed by atoms with Gasteiger partial charge in [0.1, 0.15) is 10.7 Å². The van der Waals surface area contributed by atoms with Crippen LogP contribution in [0.4, 0.5) is 11.5 Å². The Hall–Kier alpha value is -1.96. The first-order valence-electron chi connectivity index (χ1n) is 6.32. The molecule has 1 N–H and O–H groups in total. The normalized spacial score (nSPS) is 12.4. The van der Waals surface area contributed by atoms with E-state index in [0.717, 1.165) is 10.7 Å². The molecule has 0 aliphatic carbocycles. The van der Waals surface area contributed by atoms with Gasteiger partial charge in [0.05, 0.1) is 11.0 Å². The topological polar surface area (TPSA) is 85.9 Å². The molecule has 0 saturated heterocycles. The maximum Gasteiger partial charge on any atom is 0.333 e. The fraction of sp³-hybridized carbons (Fsp3) is 0.500. The zero-order valence-corrected chi connectivity index (χ0v) is 12.7. The first kappa shape index (κ1) is 14.4. The Morgan fingerprint density at radius 2 is 2.30 bits per heavy atom. The lowest BCUT2D eigenvalue weighted by Crippen LogP contribution is -2.11. The van der Waals surface area contributed by atoms with E-state index in [0.29, 0.717) is 17.9 Å². The van der Waals surface area contributed by atoms with Crippen LogP contribution in [0.2, 0.25) is 0 Å². The number of hydrogen-bond acceptors (Lipinski definition) is 6. The highest BCUT2D eigenvalue weighted by Crippen LogP contribution is 2.31. The molecule has 0 fully saturated rings. The lowest BCUT2D eigenvalue weighted by Gasteiger charge is -2.12. The summed E-state index contributed by atoms with van der Waals surface area (Å²) in [5.74, 6) is 0.423. The van der Waals surface area contributed by atoms with Gasteiger partial charge in [0.15, 0.2) is 0 Å². The van der Waals surface area contributed by atoms with Gasteiger partial charge in [0.25, 0.3) is 0 Å². The van der Waals surface area contributed by atoms with Gasteiger partial charge < -0.3 is 5.32 Å².